The van der Waals surface area contributed by atoms with Gasteiger partial charge in [-0.3, -0.25) is 19.3 Å². The van der Waals surface area contributed by atoms with Crippen LogP contribution < -0.4 is 16.0 Å². The third-order valence-corrected chi connectivity index (χ3v) is 5.35. The SMILES string of the molecule is Nc1nc(N2CC(=O)N(CCc3ccccc3)C(=O)C2)ncc1C(=O)NCc1ccccc1. The maximum atomic E-state index is 12.6. The van der Waals surface area contributed by atoms with Crippen molar-refractivity contribution in [3.8, 4) is 0 Å². The minimum atomic E-state index is -0.402. The molecule has 3 amide bonds. The Balaban J connectivity index is 1.37. The van der Waals surface area contributed by atoms with Crippen LogP contribution >= 0.6 is 0 Å². The Morgan fingerprint density at radius 1 is 0.939 bits per heavy atom. The number of hydrogen-bond acceptors (Lipinski definition) is 7. The number of rotatable bonds is 7. The Labute approximate surface area is 191 Å². The number of hydrogen-bond donors (Lipinski definition) is 2. The molecule has 3 aromatic rings. The van der Waals surface area contributed by atoms with E-state index in [0.29, 0.717) is 19.5 Å². The molecule has 168 valence electrons. The molecule has 1 aliphatic heterocycles. The van der Waals surface area contributed by atoms with Crippen molar-refractivity contribution in [2.24, 2.45) is 0 Å². The van der Waals surface area contributed by atoms with Gasteiger partial charge >= 0.3 is 0 Å². The summed E-state index contributed by atoms with van der Waals surface area (Å²) < 4.78 is 0. The maximum Gasteiger partial charge on any atom is 0.256 e. The van der Waals surface area contributed by atoms with E-state index in [2.05, 4.69) is 15.3 Å². The van der Waals surface area contributed by atoms with Gasteiger partial charge in [-0.25, -0.2) is 4.98 Å². The van der Waals surface area contributed by atoms with Gasteiger partial charge in [-0.1, -0.05) is 60.7 Å². The van der Waals surface area contributed by atoms with Gasteiger partial charge in [-0.2, -0.15) is 4.98 Å². The number of nitrogens with zero attached hydrogens (tertiary/aromatic N) is 4. The largest absolute Gasteiger partial charge is 0.383 e. The van der Waals surface area contributed by atoms with Gasteiger partial charge in [-0.15, -0.1) is 0 Å². The molecule has 1 aromatic heterocycles. The van der Waals surface area contributed by atoms with Crippen molar-refractivity contribution >= 4 is 29.5 Å². The minimum Gasteiger partial charge on any atom is -0.383 e. The average Bonchev–Trinajstić information content (AvgIpc) is 2.83. The van der Waals surface area contributed by atoms with Crippen molar-refractivity contribution in [2.45, 2.75) is 13.0 Å². The van der Waals surface area contributed by atoms with Crippen LogP contribution in [-0.4, -0.2) is 52.2 Å². The highest BCUT2D eigenvalue weighted by atomic mass is 16.2. The van der Waals surface area contributed by atoms with E-state index in [4.69, 9.17) is 5.73 Å². The van der Waals surface area contributed by atoms with E-state index in [1.165, 1.54) is 16.0 Å². The molecule has 0 bridgehead atoms. The number of amides is 3. The first-order chi connectivity index (χ1) is 16.0. The number of nitrogen functional groups attached to an aromatic ring is 1. The zero-order valence-electron chi connectivity index (χ0n) is 18.0. The van der Waals surface area contributed by atoms with Gasteiger partial charge in [0, 0.05) is 19.3 Å². The fraction of sp³-hybridized carbons (Fsp3) is 0.208. The number of nitrogens with one attached hydrogen (secondary N) is 1. The van der Waals surface area contributed by atoms with Crippen molar-refractivity contribution in [2.75, 3.05) is 30.3 Å². The summed E-state index contributed by atoms with van der Waals surface area (Å²) in [4.78, 5) is 48.7. The fourth-order valence-electron chi connectivity index (χ4n) is 3.55. The van der Waals surface area contributed by atoms with Gasteiger partial charge < -0.3 is 16.0 Å². The lowest BCUT2D eigenvalue weighted by molar-refractivity contribution is -0.145. The first-order valence-electron chi connectivity index (χ1n) is 10.6. The zero-order chi connectivity index (χ0) is 23.2. The summed E-state index contributed by atoms with van der Waals surface area (Å²) in [6, 6.07) is 19.1. The number of carbonyl (C=O) groups excluding carboxylic acids is 3. The van der Waals surface area contributed by atoms with E-state index in [0.717, 1.165) is 11.1 Å². The van der Waals surface area contributed by atoms with E-state index >= 15 is 0 Å². The summed E-state index contributed by atoms with van der Waals surface area (Å²) in [7, 11) is 0. The molecule has 1 saturated heterocycles. The van der Waals surface area contributed by atoms with Gasteiger partial charge in [0.1, 0.15) is 18.9 Å². The summed E-state index contributed by atoms with van der Waals surface area (Å²) in [5.41, 5.74) is 8.12. The van der Waals surface area contributed by atoms with Crippen molar-refractivity contribution in [3.63, 3.8) is 0 Å². The van der Waals surface area contributed by atoms with E-state index in [1.807, 2.05) is 60.7 Å². The summed E-state index contributed by atoms with van der Waals surface area (Å²) in [5.74, 6) is -0.933. The van der Waals surface area contributed by atoms with Crippen LogP contribution in [0.5, 0.6) is 0 Å². The smallest absolute Gasteiger partial charge is 0.256 e. The molecule has 3 N–H and O–H groups in total. The van der Waals surface area contributed by atoms with E-state index in [1.54, 1.807) is 0 Å². The molecular weight excluding hydrogens is 420 g/mol. The first-order valence-corrected chi connectivity index (χ1v) is 10.6. The second kappa shape index (κ2) is 9.90. The number of aromatic nitrogens is 2. The number of benzene rings is 2. The predicted octanol–water partition coefficient (Wildman–Crippen LogP) is 1.41. The molecule has 2 heterocycles. The normalized spacial score (nSPS) is 13.8. The summed E-state index contributed by atoms with van der Waals surface area (Å²) >= 11 is 0. The van der Waals surface area contributed by atoms with Crippen molar-refractivity contribution in [1.29, 1.82) is 0 Å². The highest BCUT2D eigenvalue weighted by Crippen LogP contribution is 2.17. The van der Waals surface area contributed by atoms with Crippen LogP contribution in [0.25, 0.3) is 0 Å². The van der Waals surface area contributed by atoms with Crippen LogP contribution in [0.2, 0.25) is 0 Å². The fourth-order valence-corrected chi connectivity index (χ4v) is 3.55. The molecule has 1 aliphatic rings. The molecule has 0 saturated carbocycles. The number of piperazine rings is 1. The molecule has 0 spiro atoms. The molecule has 0 atom stereocenters. The van der Waals surface area contributed by atoms with Crippen LogP contribution in [0.15, 0.2) is 66.9 Å². The first kappa shape index (κ1) is 21.9. The molecule has 9 heteroatoms. The van der Waals surface area contributed by atoms with Crippen LogP contribution in [0.3, 0.4) is 0 Å². The molecule has 1 fully saturated rings. The summed E-state index contributed by atoms with van der Waals surface area (Å²) in [6.07, 6.45) is 1.91. The molecule has 0 aliphatic carbocycles. The van der Waals surface area contributed by atoms with E-state index < -0.39 is 5.91 Å². The van der Waals surface area contributed by atoms with Crippen LogP contribution in [-0.2, 0) is 22.6 Å². The lowest BCUT2D eigenvalue weighted by atomic mass is 10.1. The summed E-state index contributed by atoms with van der Waals surface area (Å²) in [6.45, 7) is 0.576. The topological polar surface area (TPSA) is 122 Å². The number of nitrogens with two attached hydrogens (primary N) is 1. The third kappa shape index (κ3) is 5.32. The number of anilines is 2. The molecule has 33 heavy (non-hydrogen) atoms. The van der Waals surface area contributed by atoms with E-state index in [-0.39, 0.29) is 42.2 Å². The Kier molecular flexibility index (Phi) is 6.58. The lowest BCUT2D eigenvalue weighted by Crippen LogP contribution is -2.55. The van der Waals surface area contributed by atoms with Crippen molar-refractivity contribution < 1.29 is 14.4 Å². The monoisotopic (exact) mass is 444 g/mol. The molecule has 0 radical (unpaired) electrons. The minimum absolute atomic E-state index is 0.0167. The van der Waals surface area contributed by atoms with Crippen molar-refractivity contribution in [3.05, 3.63) is 83.6 Å². The molecule has 9 nitrogen and oxygen atoms in total. The van der Waals surface area contributed by atoms with E-state index in [9.17, 15) is 14.4 Å². The molecule has 4 rings (SSSR count). The van der Waals surface area contributed by atoms with Gasteiger partial charge in [0.15, 0.2) is 0 Å². The second-order valence-corrected chi connectivity index (χ2v) is 7.67. The highest BCUT2D eigenvalue weighted by Gasteiger charge is 2.32. The van der Waals surface area contributed by atoms with Gasteiger partial charge in [0.05, 0.1) is 5.56 Å². The highest BCUT2D eigenvalue weighted by molar-refractivity contribution is 6.02. The van der Waals surface area contributed by atoms with Crippen molar-refractivity contribution in [1.82, 2.24) is 20.2 Å². The second-order valence-electron chi connectivity index (χ2n) is 7.67. The van der Waals surface area contributed by atoms with Gasteiger partial charge in [0.2, 0.25) is 17.8 Å². The number of carbonyl (C=O) groups is 3. The Morgan fingerprint density at radius 2 is 1.55 bits per heavy atom. The zero-order valence-corrected chi connectivity index (χ0v) is 18.0. The molecule has 2 aromatic carbocycles. The van der Waals surface area contributed by atoms with Gasteiger partial charge in [0.25, 0.3) is 5.91 Å². The van der Waals surface area contributed by atoms with Crippen LogP contribution in [0, 0.1) is 0 Å². The van der Waals surface area contributed by atoms with Crippen LogP contribution in [0.4, 0.5) is 11.8 Å². The van der Waals surface area contributed by atoms with Crippen LogP contribution in [0.1, 0.15) is 21.5 Å². The standard InChI is InChI=1S/C24H24N6O3/c25-22-19(23(33)26-13-18-9-5-2-6-10-18)14-27-24(28-22)29-15-20(31)30(21(32)16-29)12-11-17-7-3-1-4-8-17/h1-10,14H,11-13,15-16H2,(H,26,33)(H2,25,27,28). The number of imide groups is 1. The third-order valence-electron chi connectivity index (χ3n) is 5.35. The Hall–Kier alpha value is -4.27. The molecule has 0 unspecified atom stereocenters. The Bertz CT molecular complexity index is 1140. The Morgan fingerprint density at radius 3 is 2.15 bits per heavy atom. The lowest BCUT2D eigenvalue weighted by Gasteiger charge is -2.32. The maximum absolute atomic E-state index is 12.6. The quantitative estimate of drug-likeness (QED) is 0.529. The average molecular weight is 444 g/mol. The van der Waals surface area contributed by atoms with Gasteiger partial charge in [-0.05, 0) is 17.5 Å². The predicted molar refractivity (Wildman–Crippen MR) is 123 cm³/mol. The summed E-state index contributed by atoms with van der Waals surface area (Å²) in [5, 5.41) is 2.78. The molecular formula is C24H24N6O3.